The number of ketones is 2. The predicted molar refractivity (Wildman–Crippen MR) is 186 cm³/mol. The molecule has 51 heavy (non-hydrogen) atoms. The van der Waals surface area contributed by atoms with E-state index in [1.807, 2.05) is 0 Å². The molecule has 1 aromatic carbocycles. The Kier molecular flexibility index (Phi) is 11.3. The number of carbonyl (C=O) groups excluding carboxylic acids is 4. The van der Waals surface area contributed by atoms with Gasteiger partial charge >= 0.3 is 11.8 Å². The van der Waals surface area contributed by atoms with Gasteiger partial charge in [0, 0.05) is 61.3 Å². The van der Waals surface area contributed by atoms with Crippen LogP contribution in [0.15, 0.2) is 46.8 Å². The molecule has 9 unspecified atom stereocenters. The van der Waals surface area contributed by atoms with Gasteiger partial charge in [0.05, 0.1) is 47.1 Å². The number of rotatable bonds is 2. The number of phenols is 1. The fourth-order valence-corrected chi connectivity index (χ4v) is 6.72. The van der Waals surface area contributed by atoms with Gasteiger partial charge in [-0.05, 0) is 19.9 Å². The maximum atomic E-state index is 14.0. The molecule has 3 aliphatic heterocycles. The lowest BCUT2D eigenvalue weighted by molar-refractivity contribution is -0.160. The summed E-state index contributed by atoms with van der Waals surface area (Å²) in [4.78, 5) is 57.1. The van der Waals surface area contributed by atoms with Crippen molar-refractivity contribution in [3.63, 3.8) is 0 Å². The van der Waals surface area contributed by atoms with Gasteiger partial charge in [0.2, 0.25) is 5.78 Å². The number of carbonyl (C=O) groups is 4. The van der Waals surface area contributed by atoms with E-state index in [1.54, 1.807) is 33.8 Å². The lowest BCUT2D eigenvalue weighted by atomic mass is 9.78. The molecule has 0 radical (unpaired) electrons. The molecule has 0 saturated heterocycles. The Morgan fingerprint density at radius 2 is 1.59 bits per heavy atom. The summed E-state index contributed by atoms with van der Waals surface area (Å²) in [6.45, 7) is 12.4. The number of methoxy groups -OCH3 is 1. The van der Waals surface area contributed by atoms with E-state index in [0.717, 1.165) is 0 Å². The summed E-state index contributed by atoms with van der Waals surface area (Å²) in [5.41, 5.74) is 11.0. The number of allylic oxidation sites excluding steroid dienone is 3. The number of ether oxygens (including phenoxy) is 4. The first-order valence-electron chi connectivity index (χ1n) is 16.6. The minimum atomic E-state index is -2.00. The van der Waals surface area contributed by atoms with E-state index in [1.165, 1.54) is 59.3 Å². The van der Waals surface area contributed by atoms with Crippen molar-refractivity contribution in [1.82, 2.24) is 0 Å². The zero-order valence-electron chi connectivity index (χ0n) is 30.2. The summed E-state index contributed by atoms with van der Waals surface area (Å²) < 4.78 is 23.2. The Morgan fingerprint density at radius 3 is 2.20 bits per heavy atom. The molecule has 3 heterocycles. The molecule has 1 aromatic rings. The van der Waals surface area contributed by atoms with Crippen molar-refractivity contribution in [2.75, 3.05) is 7.11 Å². The number of Topliss-reactive ketones (excluding diaryl/α,β-unsaturated/α-hetero) is 2. The lowest BCUT2D eigenvalue weighted by Gasteiger charge is -2.38. The minimum absolute atomic E-state index is 0.0399. The molecule has 1 aliphatic carbocycles. The second kappa shape index (κ2) is 14.8. The Hall–Kier alpha value is -4.79. The van der Waals surface area contributed by atoms with Crippen LogP contribution in [0.1, 0.15) is 80.3 Å². The molecular weight excluding hydrogens is 662 g/mol. The molecule has 0 saturated carbocycles. The molecule has 9 atom stereocenters. The number of hydrogen-bond donors (Lipinski definition) is 5. The quantitative estimate of drug-likeness (QED) is 0.279. The maximum absolute atomic E-state index is 14.0. The first kappa shape index (κ1) is 39.0. The van der Waals surface area contributed by atoms with Crippen molar-refractivity contribution in [2.24, 2.45) is 40.1 Å². The van der Waals surface area contributed by atoms with E-state index in [9.17, 15) is 34.5 Å². The summed E-state index contributed by atoms with van der Waals surface area (Å²) in [6.07, 6.45) is 3.44. The van der Waals surface area contributed by atoms with Crippen LogP contribution in [-0.2, 0) is 23.8 Å². The first-order valence-corrected chi connectivity index (χ1v) is 16.6. The van der Waals surface area contributed by atoms with Crippen LogP contribution in [0.3, 0.4) is 0 Å². The number of aliphatic hydroxyl groups excluding tert-OH is 2. The predicted octanol–water partition coefficient (Wildman–Crippen LogP) is 3.00. The van der Waals surface area contributed by atoms with Crippen LogP contribution < -0.4 is 16.2 Å². The summed E-state index contributed by atoms with van der Waals surface area (Å²) in [6, 6.07) is 0. The topological polar surface area (TPSA) is 230 Å². The van der Waals surface area contributed by atoms with Gasteiger partial charge in [-0.3, -0.25) is 19.2 Å². The normalized spacial score (nSPS) is 31.9. The Bertz CT molecular complexity index is 1790. The number of fused-ring (bicyclic) bond motifs is 13. The fourth-order valence-electron chi connectivity index (χ4n) is 6.72. The number of hydrogen-bond acceptors (Lipinski definition) is 13. The van der Waals surface area contributed by atoms with Crippen LogP contribution in [-0.4, -0.2) is 81.8 Å². The van der Waals surface area contributed by atoms with E-state index >= 15 is 0 Å². The van der Waals surface area contributed by atoms with Crippen LogP contribution in [0.4, 0.5) is 0 Å². The van der Waals surface area contributed by atoms with Gasteiger partial charge in [-0.2, -0.15) is 0 Å². The van der Waals surface area contributed by atoms with E-state index in [-0.39, 0.29) is 45.0 Å². The molecular formula is C37H47N3O11. The molecule has 14 heteroatoms. The molecule has 7 N–H and O–H groups in total. The number of benzene rings is 1. The number of nitrogens with zero attached hydrogens (tertiary/aromatic N) is 1. The van der Waals surface area contributed by atoms with Gasteiger partial charge in [-0.25, -0.2) is 4.99 Å². The highest BCUT2D eigenvalue weighted by molar-refractivity contribution is 6.56. The number of phenolic OH excluding ortho intramolecular Hbond substituents is 1. The SMILES string of the molecule is COC1C=COC2(C)Oc3c(C)c(O)c4c(c3C2=O)C(N)=C(N)C(=NC(=O)C(C)=CC=CC(C)C(O)C(C)C(O)C(C)C(OC(C)=O)C1C)C4=O. The zero-order chi connectivity index (χ0) is 38.3. The average Bonchev–Trinajstić information content (AvgIpc) is 3.35. The van der Waals surface area contributed by atoms with E-state index in [4.69, 9.17) is 30.4 Å². The Labute approximate surface area is 296 Å². The number of aliphatic imine (C=N–C) groups is 1. The third kappa shape index (κ3) is 7.08. The third-order valence-electron chi connectivity index (χ3n) is 10.0. The van der Waals surface area contributed by atoms with Gasteiger partial charge in [0.1, 0.15) is 23.3 Å². The molecule has 0 spiro atoms. The Morgan fingerprint density at radius 1 is 0.941 bits per heavy atom. The first-order chi connectivity index (χ1) is 23.8. The largest absolute Gasteiger partial charge is 0.507 e. The van der Waals surface area contributed by atoms with E-state index < -0.39 is 88.8 Å². The molecule has 276 valence electrons. The smallest absolute Gasteiger partial charge is 0.312 e. The van der Waals surface area contributed by atoms with Crippen molar-refractivity contribution in [2.45, 2.75) is 85.6 Å². The molecule has 5 bridgehead atoms. The van der Waals surface area contributed by atoms with Gasteiger partial charge in [-0.15, -0.1) is 0 Å². The molecule has 0 aromatic heterocycles. The van der Waals surface area contributed by atoms with Crippen LogP contribution >= 0.6 is 0 Å². The highest BCUT2D eigenvalue weighted by Gasteiger charge is 2.51. The zero-order valence-corrected chi connectivity index (χ0v) is 30.2. The van der Waals surface area contributed by atoms with Gasteiger partial charge in [-0.1, -0.05) is 45.9 Å². The van der Waals surface area contributed by atoms with E-state index in [2.05, 4.69) is 4.99 Å². The van der Waals surface area contributed by atoms with Crippen molar-refractivity contribution in [3.8, 4) is 11.5 Å². The molecule has 14 nitrogen and oxygen atoms in total. The van der Waals surface area contributed by atoms with Crippen LogP contribution in [0.5, 0.6) is 11.5 Å². The van der Waals surface area contributed by atoms with Crippen LogP contribution in [0.2, 0.25) is 0 Å². The monoisotopic (exact) mass is 709 g/mol. The van der Waals surface area contributed by atoms with Gasteiger partial charge in [0.25, 0.3) is 11.7 Å². The molecule has 5 rings (SSSR count). The summed E-state index contributed by atoms with van der Waals surface area (Å²) >= 11 is 0. The van der Waals surface area contributed by atoms with Crippen molar-refractivity contribution in [1.29, 1.82) is 0 Å². The number of nitrogens with two attached hydrogens (primary N) is 2. The van der Waals surface area contributed by atoms with Gasteiger partial charge < -0.3 is 45.7 Å². The standard InChI is InChI=1S/C37H47N3O11/c1-15-11-10-12-16(2)36(47)40-28-27(39)26(38)23-24(32(28)45)31(44)20(6)34-25(23)35(46)37(8,51-34)49-14-13-22(48-9)17(3)33(50-21(7)41)19(5)30(43)18(4)29(15)42/h10-15,17-19,22,29-30,33,42-44H,38-39H2,1-9H3. The van der Waals surface area contributed by atoms with Crippen molar-refractivity contribution < 1.29 is 53.4 Å². The molecule has 1 amide bonds. The fraction of sp³-hybridized carbons (Fsp3) is 0.486. The van der Waals surface area contributed by atoms with E-state index in [0.29, 0.717) is 0 Å². The molecule has 0 fully saturated rings. The summed E-state index contributed by atoms with van der Waals surface area (Å²) in [7, 11) is 1.43. The maximum Gasteiger partial charge on any atom is 0.312 e. The minimum Gasteiger partial charge on any atom is -0.507 e. The third-order valence-corrected chi connectivity index (χ3v) is 10.0. The Balaban J connectivity index is 1.89. The highest BCUT2D eigenvalue weighted by atomic mass is 16.7. The molecule has 4 aliphatic rings. The number of aromatic hydroxyl groups is 1. The summed E-state index contributed by atoms with van der Waals surface area (Å²) in [5, 5.41) is 33.8. The number of aliphatic hydroxyl groups is 2. The number of esters is 1. The second-order valence-electron chi connectivity index (χ2n) is 13.6. The lowest BCUT2D eigenvalue weighted by Crippen LogP contribution is -2.46. The second-order valence-corrected chi connectivity index (χ2v) is 13.6. The van der Waals surface area contributed by atoms with Gasteiger partial charge in [0.15, 0.2) is 0 Å². The summed E-state index contributed by atoms with van der Waals surface area (Å²) in [5.74, 6) is -8.14. The average molecular weight is 710 g/mol. The van der Waals surface area contributed by atoms with Crippen molar-refractivity contribution in [3.05, 3.63) is 64.1 Å². The van der Waals surface area contributed by atoms with Crippen LogP contribution in [0.25, 0.3) is 5.70 Å². The number of amides is 1. The highest BCUT2D eigenvalue weighted by Crippen LogP contribution is 2.49. The van der Waals surface area contributed by atoms with Crippen molar-refractivity contribution >= 4 is 34.9 Å². The van der Waals surface area contributed by atoms with Crippen LogP contribution in [0, 0.1) is 30.6 Å².